The number of para-hydroxylation sites is 1. The number of fused-ring (bicyclic) bond motifs is 6. The minimum Gasteiger partial charge on any atom is -0.305 e. The van der Waals surface area contributed by atoms with E-state index in [1.807, 2.05) is 37.3 Å². The van der Waals surface area contributed by atoms with E-state index in [0.29, 0.717) is 12.5 Å². The Balaban J connectivity index is 0.00000220. The van der Waals surface area contributed by atoms with Crippen LogP contribution in [0.5, 0.6) is 0 Å². The molecule has 1 aliphatic rings. The minimum absolute atomic E-state index is 0.535. The quantitative estimate of drug-likeness (QED) is 0.174. The van der Waals surface area contributed by atoms with Crippen LogP contribution in [0.3, 0.4) is 0 Å². The lowest BCUT2D eigenvalue weighted by Crippen LogP contribution is -2.23. The lowest BCUT2D eigenvalue weighted by molar-refractivity contribution is 1.01. The molecule has 3 nitrogen and oxygen atoms in total. The molecule has 61 heavy (non-hydrogen) atoms. The van der Waals surface area contributed by atoms with Gasteiger partial charge in [0, 0.05) is 36.7 Å². The Kier molecular flexibility index (Phi) is 10.1. The van der Waals surface area contributed by atoms with Crippen LogP contribution < -0.4 is 4.90 Å². The van der Waals surface area contributed by atoms with Gasteiger partial charge in [0.15, 0.2) is 0 Å². The second-order valence-corrected chi connectivity index (χ2v) is 16.1. The summed E-state index contributed by atoms with van der Waals surface area (Å²) in [4.78, 5) is 13.0. The van der Waals surface area contributed by atoms with E-state index in [9.17, 15) is 0 Å². The van der Waals surface area contributed by atoms with Crippen LogP contribution in [0.4, 0.5) is 11.6 Å². The van der Waals surface area contributed by atoms with Crippen molar-refractivity contribution in [3.05, 3.63) is 218 Å². The minimum atomic E-state index is 0.535. The lowest BCUT2D eigenvalue weighted by Gasteiger charge is -2.28. The van der Waals surface area contributed by atoms with Crippen molar-refractivity contribution in [2.45, 2.75) is 13.8 Å². The van der Waals surface area contributed by atoms with E-state index in [0.717, 1.165) is 66.5 Å². The summed E-state index contributed by atoms with van der Waals surface area (Å²) in [6.45, 7) is 9.12. The fourth-order valence-corrected chi connectivity index (χ4v) is 9.73. The average molecular weight is 802 g/mol. The highest BCUT2D eigenvalue weighted by Gasteiger charge is 2.23. The van der Waals surface area contributed by atoms with Crippen molar-refractivity contribution in [1.82, 2.24) is 9.97 Å². The third-order valence-corrected chi connectivity index (χ3v) is 12.7. The first-order valence-electron chi connectivity index (χ1n) is 21.0. The van der Waals surface area contributed by atoms with Crippen LogP contribution >= 0.6 is 11.3 Å². The van der Waals surface area contributed by atoms with Crippen molar-refractivity contribution >= 4 is 76.0 Å². The second kappa shape index (κ2) is 16.3. The summed E-state index contributed by atoms with van der Waals surface area (Å²) < 4.78 is 2.64. The Morgan fingerprint density at radius 3 is 1.97 bits per heavy atom. The molecular weight excluding hydrogens is 759 g/mol. The third-order valence-electron chi connectivity index (χ3n) is 11.4. The molecule has 1 aliphatic heterocycles. The number of hydrogen-bond acceptors (Lipinski definition) is 4. The Hall–Kier alpha value is -7.40. The van der Waals surface area contributed by atoms with E-state index < -0.39 is 0 Å². The van der Waals surface area contributed by atoms with Gasteiger partial charge >= 0.3 is 0 Å². The van der Waals surface area contributed by atoms with Crippen LogP contribution in [0.2, 0.25) is 0 Å². The summed E-state index contributed by atoms with van der Waals surface area (Å²) >= 11 is 1.87. The Morgan fingerprint density at radius 2 is 1.15 bits per heavy atom. The number of allylic oxidation sites excluding steroid dienone is 4. The molecule has 0 spiro atoms. The average Bonchev–Trinajstić information content (AvgIpc) is 3.74. The van der Waals surface area contributed by atoms with Crippen molar-refractivity contribution in [3.63, 3.8) is 0 Å². The molecule has 3 heterocycles. The maximum Gasteiger partial charge on any atom is 0.231 e. The smallest absolute Gasteiger partial charge is 0.231 e. The van der Waals surface area contributed by atoms with Crippen molar-refractivity contribution in [1.29, 1.82) is 0 Å². The summed E-state index contributed by atoms with van der Waals surface area (Å²) in [6.07, 6.45) is 6.48. The summed E-state index contributed by atoms with van der Waals surface area (Å²) in [7, 11) is 0. The van der Waals surface area contributed by atoms with Crippen molar-refractivity contribution in [2.24, 2.45) is 0 Å². The third kappa shape index (κ3) is 7.11. The zero-order valence-electron chi connectivity index (χ0n) is 34.2. The van der Waals surface area contributed by atoms with Gasteiger partial charge in [-0.05, 0) is 86.1 Å². The molecular formula is C57H43N3S. The van der Waals surface area contributed by atoms with Crippen LogP contribution in [0.15, 0.2) is 207 Å². The molecule has 292 valence electrons. The molecule has 0 unspecified atom stereocenters. The Bertz CT molecular complexity index is 3340. The molecule has 2 aromatic heterocycles. The van der Waals surface area contributed by atoms with Crippen LogP contribution in [0.1, 0.15) is 25.0 Å². The van der Waals surface area contributed by atoms with Gasteiger partial charge in [-0.2, -0.15) is 0 Å². The molecule has 0 N–H and O–H groups in total. The Labute approximate surface area is 360 Å². The van der Waals surface area contributed by atoms with Gasteiger partial charge in [0.1, 0.15) is 0 Å². The topological polar surface area (TPSA) is 29.0 Å². The number of rotatable bonds is 5. The monoisotopic (exact) mass is 801 g/mol. The Morgan fingerprint density at radius 1 is 0.525 bits per heavy atom. The van der Waals surface area contributed by atoms with Gasteiger partial charge in [-0.25, -0.2) is 9.97 Å². The SMILES string of the molecule is C=C1/C=C\C=C(\c2cccc(-c3cccc(-c4cccc5c4sc4ccccc45)c3)c2)CN(c2nc(-c3ccccc3)c3ccccc3n2)c2cc3ccccc3cc21.CC. The van der Waals surface area contributed by atoms with E-state index in [1.54, 1.807) is 0 Å². The summed E-state index contributed by atoms with van der Waals surface area (Å²) in [5, 5.41) is 5.95. The predicted molar refractivity (Wildman–Crippen MR) is 264 cm³/mol. The fraction of sp³-hybridized carbons (Fsp3) is 0.0526. The number of anilines is 2. The lowest BCUT2D eigenvalue weighted by atomic mass is 9.95. The van der Waals surface area contributed by atoms with Crippen molar-refractivity contribution < 1.29 is 0 Å². The predicted octanol–water partition coefficient (Wildman–Crippen LogP) is 16.0. The standard InChI is InChI=1S/C55H37N3S.C2H6/c1-36-15-11-24-44(40-22-12-20-38(31-40)39-21-13-23-43(32-39)45-27-14-28-47-46-25-8-10-30-52(46)59-54(45)47)35-58(51-34-42-19-6-5-18-41(42)33-49(36)51)55-56-50-29-9-7-26-48(50)53(57-55)37-16-3-2-4-17-37;1-2/h2-34H,1,35H2;1-2H3/b15-11-,44-24+;. The van der Waals surface area contributed by atoms with Gasteiger partial charge in [0.25, 0.3) is 0 Å². The van der Waals surface area contributed by atoms with Gasteiger partial charge in [-0.15, -0.1) is 11.3 Å². The number of hydrogen-bond donors (Lipinski definition) is 0. The summed E-state index contributed by atoms with van der Waals surface area (Å²) in [5.74, 6) is 0.638. The van der Waals surface area contributed by atoms with Gasteiger partial charge in [-0.1, -0.05) is 184 Å². The highest BCUT2D eigenvalue weighted by atomic mass is 32.1. The van der Waals surface area contributed by atoms with E-state index >= 15 is 0 Å². The van der Waals surface area contributed by atoms with E-state index in [4.69, 9.17) is 9.97 Å². The van der Waals surface area contributed by atoms with Crippen LogP contribution in [-0.2, 0) is 0 Å². The molecule has 0 radical (unpaired) electrons. The number of benzene rings is 8. The molecule has 0 bridgehead atoms. The molecule has 0 atom stereocenters. The summed E-state index contributed by atoms with van der Waals surface area (Å²) in [5.41, 5.74) is 12.9. The first kappa shape index (κ1) is 37.8. The van der Waals surface area contributed by atoms with Crippen LogP contribution in [0.25, 0.3) is 86.5 Å². The van der Waals surface area contributed by atoms with Crippen LogP contribution in [0, 0.1) is 0 Å². The number of aromatic nitrogens is 2. The molecule has 0 aliphatic carbocycles. The zero-order valence-corrected chi connectivity index (χ0v) is 35.0. The maximum absolute atomic E-state index is 5.41. The van der Waals surface area contributed by atoms with Crippen molar-refractivity contribution in [2.75, 3.05) is 11.4 Å². The molecule has 0 saturated carbocycles. The van der Waals surface area contributed by atoms with E-state index in [-0.39, 0.29) is 0 Å². The first-order chi connectivity index (χ1) is 30.1. The van der Waals surface area contributed by atoms with E-state index in [2.05, 4.69) is 200 Å². The molecule has 0 amide bonds. The highest BCUT2D eigenvalue weighted by molar-refractivity contribution is 7.26. The van der Waals surface area contributed by atoms with Gasteiger partial charge in [-0.3, -0.25) is 0 Å². The first-order valence-corrected chi connectivity index (χ1v) is 21.8. The number of nitrogens with zero attached hydrogens (tertiary/aromatic N) is 3. The largest absolute Gasteiger partial charge is 0.305 e. The normalized spacial score (nSPS) is 14.1. The van der Waals surface area contributed by atoms with Crippen molar-refractivity contribution in [3.8, 4) is 33.5 Å². The van der Waals surface area contributed by atoms with Gasteiger partial charge in [0.2, 0.25) is 5.95 Å². The zero-order chi connectivity index (χ0) is 41.3. The fourth-order valence-electron chi connectivity index (χ4n) is 8.49. The molecule has 11 rings (SSSR count). The summed E-state index contributed by atoms with van der Waals surface area (Å²) in [6, 6.07) is 65.1. The number of thiophene rings is 1. The molecule has 0 saturated heterocycles. The van der Waals surface area contributed by atoms with Gasteiger partial charge < -0.3 is 4.90 Å². The second-order valence-electron chi connectivity index (χ2n) is 15.1. The van der Waals surface area contributed by atoms with E-state index in [1.165, 1.54) is 36.9 Å². The van der Waals surface area contributed by atoms with Crippen LogP contribution in [-0.4, -0.2) is 16.5 Å². The highest BCUT2D eigenvalue weighted by Crippen LogP contribution is 2.42. The molecule has 4 heteroatoms. The van der Waals surface area contributed by atoms with Gasteiger partial charge in [0.05, 0.1) is 23.4 Å². The molecule has 0 fully saturated rings. The molecule has 10 aromatic rings. The molecule has 8 aromatic carbocycles. The maximum atomic E-state index is 5.41.